The van der Waals surface area contributed by atoms with Crippen molar-refractivity contribution < 1.29 is 0 Å². The van der Waals surface area contributed by atoms with Gasteiger partial charge in [0, 0.05) is 25.2 Å². The summed E-state index contributed by atoms with van der Waals surface area (Å²) >= 11 is 0. The lowest BCUT2D eigenvalue weighted by Gasteiger charge is -2.14. The van der Waals surface area contributed by atoms with Gasteiger partial charge in [0.2, 0.25) is 0 Å². The first-order valence-corrected chi connectivity index (χ1v) is 6.77. The highest BCUT2D eigenvalue weighted by atomic mass is 15.1. The van der Waals surface area contributed by atoms with Crippen LogP contribution in [0.1, 0.15) is 32.0 Å². The van der Waals surface area contributed by atoms with Gasteiger partial charge in [0.25, 0.3) is 0 Å². The number of nitrogens with one attached hydrogen (secondary N) is 1. The summed E-state index contributed by atoms with van der Waals surface area (Å²) in [4.78, 5) is 9.31. The van der Waals surface area contributed by atoms with Crippen LogP contribution in [0.15, 0.2) is 18.3 Å². The molecule has 3 heterocycles. The predicted molar refractivity (Wildman–Crippen MR) is 72.6 cm³/mol. The summed E-state index contributed by atoms with van der Waals surface area (Å²) in [5.41, 5.74) is 2.06. The topological polar surface area (TPSA) is 42.7 Å². The number of rotatable bonds is 3. The maximum atomic E-state index is 4.81. The standard InChI is InChI=1S/C14H20N4/c1-10(2)9-18-13(11-5-7-15-8-11)17-12-4-3-6-16-14(12)18/h3-4,6,10-11,15H,5,7-9H2,1-2H3. The molecule has 96 valence electrons. The van der Waals surface area contributed by atoms with E-state index in [0.717, 1.165) is 30.8 Å². The molecule has 0 amide bonds. The minimum atomic E-state index is 0.540. The maximum absolute atomic E-state index is 4.81. The molecule has 3 rings (SSSR count). The lowest BCUT2D eigenvalue weighted by molar-refractivity contribution is 0.500. The molecular formula is C14H20N4. The third-order valence-corrected chi connectivity index (χ3v) is 3.51. The molecule has 4 heteroatoms. The summed E-state index contributed by atoms with van der Waals surface area (Å²) in [5, 5.41) is 3.42. The second kappa shape index (κ2) is 4.69. The fourth-order valence-corrected chi connectivity index (χ4v) is 2.71. The Morgan fingerprint density at radius 2 is 2.39 bits per heavy atom. The number of aromatic nitrogens is 3. The molecule has 2 aromatic rings. The Hall–Kier alpha value is -1.42. The summed E-state index contributed by atoms with van der Waals surface area (Å²) in [5.74, 6) is 2.36. The van der Waals surface area contributed by atoms with Gasteiger partial charge in [0.1, 0.15) is 11.3 Å². The van der Waals surface area contributed by atoms with Crippen molar-refractivity contribution in [1.82, 2.24) is 19.9 Å². The first-order valence-electron chi connectivity index (χ1n) is 6.77. The Bertz CT molecular complexity index is 538. The lowest BCUT2D eigenvalue weighted by atomic mass is 10.1. The Labute approximate surface area is 107 Å². The van der Waals surface area contributed by atoms with Crippen molar-refractivity contribution >= 4 is 11.2 Å². The van der Waals surface area contributed by atoms with Crippen LogP contribution >= 0.6 is 0 Å². The molecule has 1 saturated heterocycles. The normalized spacial score (nSPS) is 20.1. The fraction of sp³-hybridized carbons (Fsp3) is 0.571. The minimum Gasteiger partial charge on any atom is -0.316 e. The van der Waals surface area contributed by atoms with E-state index in [-0.39, 0.29) is 0 Å². The number of hydrogen-bond donors (Lipinski definition) is 1. The number of nitrogens with zero attached hydrogens (tertiary/aromatic N) is 3. The first kappa shape index (κ1) is 11.7. The van der Waals surface area contributed by atoms with Crippen molar-refractivity contribution in [3.05, 3.63) is 24.2 Å². The second-order valence-corrected chi connectivity index (χ2v) is 5.51. The van der Waals surface area contributed by atoms with Crippen molar-refractivity contribution in [1.29, 1.82) is 0 Å². The van der Waals surface area contributed by atoms with Gasteiger partial charge in [0.15, 0.2) is 5.65 Å². The molecular weight excluding hydrogens is 224 g/mol. The quantitative estimate of drug-likeness (QED) is 0.899. The minimum absolute atomic E-state index is 0.540. The largest absolute Gasteiger partial charge is 0.316 e. The molecule has 1 aliphatic heterocycles. The third kappa shape index (κ3) is 2.01. The van der Waals surface area contributed by atoms with E-state index in [4.69, 9.17) is 4.98 Å². The molecule has 0 bridgehead atoms. The molecule has 0 radical (unpaired) electrons. The van der Waals surface area contributed by atoms with E-state index in [1.54, 1.807) is 0 Å². The average molecular weight is 244 g/mol. The van der Waals surface area contributed by atoms with Crippen molar-refractivity contribution in [2.45, 2.75) is 32.7 Å². The van der Waals surface area contributed by atoms with Gasteiger partial charge in [-0.25, -0.2) is 9.97 Å². The van der Waals surface area contributed by atoms with Crippen LogP contribution in [-0.2, 0) is 6.54 Å². The summed E-state index contributed by atoms with van der Waals surface area (Å²) in [7, 11) is 0. The van der Waals surface area contributed by atoms with Gasteiger partial charge < -0.3 is 9.88 Å². The molecule has 1 unspecified atom stereocenters. The molecule has 0 saturated carbocycles. The molecule has 4 nitrogen and oxygen atoms in total. The van der Waals surface area contributed by atoms with Crippen molar-refractivity contribution in [3.8, 4) is 0 Å². The highest BCUT2D eigenvalue weighted by molar-refractivity contribution is 5.71. The van der Waals surface area contributed by atoms with Gasteiger partial charge >= 0.3 is 0 Å². The van der Waals surface area contributed by atoms with Crippen LogP contribution in [0.4, 0.5) is 0 Å². The summed E-state index contributed by atoms with van der Waals surface area (Å²) in [6.45, 7) is 7.63. The van der Waals surface area contributed by atoms with Gasteiger partial charge in [-0.3, -0.25) is 0 Å². The Kier molecular flexibility index (Phi) is 3.04. The molecule has 2 aromatic heterocycles. The van der Waals surface area contributed by atoms with Crippen molar-refractivity contribution in [3.63, 3.8) is 0 Å². The smallest absolute Gasteiger partial charge is 0.160 e. The molecule has 1 aliphatic rings. The fourth-order valence-electron chi connectivity index (χ4n) is 2.71. The van der Waals surface area contributed by atoms with Crippen LogP contribution in [0.5, 0.6) is 0 Å². The Morgan fingerprint density at radius 3 is 3.11 bits per heavy atom. The van der Waals surface area contributed by atoms with Gasteiger partial charge in [-0.1, -0.05) is 13.8 Å². The summed E-state index contributed by atoms with van der Waals surface area (Å²) < 4.78 is 2.32. The Balaban J connectivity index is 2.10. The van der Waals surface area contributed by atoms with Gasteiger partial charge in [-0.2, -0.15) is 0 Å². The van der Waals surface area contributed by atoms with E-state index < -0.39 is 0 Å². The molecule has 0 spiro atoms. The van der Waals surface area contributed by atoms with Crippen LogP contribution < -0.4 is 5.32 Å². The second-order valence-electron chi connectivity index (χ2n) is 5.51. The summed E-state index contributed by atoms with van der Waals surface area (Å²) in [6, 6.07) is 4.02. The van der Waals surface area contributed by atoms with Crippen LogP contribution in [0.25, 0.3) is 11.2 Å². The number of imidazole rings is 1. The van der Waals surface area contributed by atoms with Crippen LogP contribution in [0, 0.1) is 5.92 Å². The van der Waals surface area contributed by atoms with Gasteiger partial charge in [-0.15, -0.1) is 0 Å². The molecule has 0 aromatic carbocycles. The predicted octanol–water partition coefficient (Wildman–Crippen LogP) is 2.16. The number of hydrogen-bond acceptors (Lipinski definition) is 3. The number of pyridine rings is 1. The number of fused-ring (bicyclic) bond motifs is 1. The average Bonchev–Trinajstić information content (AvgIpc) is 2.96. The van der Waals surface area contributed by atoms with E-state index in [0.29, 0.717) is 11.8 Å². The van der Waals surface area contributed by atoms with Gasteiger partial charge in [-0.05, 0) is 31.0 Å². The van der Waals surface area contributed by atoms with E-state index in [9.17, 15) is 0 Å². The molecule has 0 aliphatic carbocycles. The zero-order valence-corrected chi connectivity index (χ0v) is 11.1. The molecule has 1 N–H and O–H groups in total. The van der Waals surface area contributed by atoms with Crippen LogP contribution in [-0.4, -0.2) is 27.6 Å². The van der Waals surface area contributed by atoms with Crippen LogP contribution in [0.2, 0.25) is 0 Å². The lowest BCUT2D eigenvalue weighted by Crippen LogP contribution is -2.15. The van der Waals surface area contributed by atoms with Gasteiger partial charge in [0.05, 0.1) is 0 Å². The Morgan fingerprint density at radius 1 is 1.50 bits per heavy atom. The monoisotopic (exact) mass is 244 g/mol. The highest BCUT2D eigenvalue weighted by Gasteiger charge is 2.24. The van der Waals surface area contributed by atoms with Crippen molar-refractivity contribution in [2.75, 3.05) is 13.1 Å². The summed E-state index contributed by atoms with van der Waals surface area (Å²) in [6.07, 6.45) is 3.04. The molecule has 18 heavy (non-hydrogen) atoms. The maximum Gasteiger partial charge on any atom is 0.160 e. The highest BCUT2D eigenvalue weighted by Crippen LogP contribution is 2.26. The zero-order valence-electron chi connectivity index (χ0n) is 11.1. The van der Waals surface area contributed by atoms with E-state index >= 15 is 0 Å². The van der Waals surface area contributed by atoms with Crippen molar-refractivity contribution in [2.24, 2.45) is 5.92 Å². The third-order valence-electron chi connectivity index (χ3n) is 3.51. The van der Waals surface area contributed by atoms with E-state index in [2.05, 4.69) is 34.8 Å². The molecule has 1 fully saturated rings. The van der Waals surface area contributed by atoms with E-state index in [1.165, 1.54) is 12.2 Å². The van der Waals surface area contributed by atoms with E-state index in [1.807, 2.05) is 12.3 Å². The molecule has 1 atom stereocenters. The van der Waals surface area contributed by atoms with Crippen LogP contribution in [0.3, 0.4) is 0 Å². The first-order chi connectivity index (χ1) is 8.75. The zero-order chi connectivity index (χ0) is 12.5. The SMILES string of the molecule is CC(C)Cn1c(C2CCNC2)nc2cccnc21.